The monoisotopic (exact) mass is 394 g/mol. The Morgan fingerprint density at radius 2 is 2.07 bits per heavy atom. The molecule has 2 heterocycles. The van der Waals surface area contributed by atoms with E-state index in [0.717, 1.165) is 41.3 Å². The molecule has 6 nitrogen and oxygen atoms in total. The van der Waals surface area contributed by atoms with Crippen molar-refractivity contribution in [1.29, 1.82) is 0 Å². The van der Waals surface area contributed by atoms with Crippen molar-refractivity contribution >= 4 is 23.2 Å². The number of ketones is 1. The number of nitro groups is 1. The summed E-state index contributed by atoms with van der Waals surface area (Å²) in [5.41, 5.74) is 2.60. The number of nitro benzene ring substituents is 1. The van der Waals surface area contributed by atoms with Gasteiger partial charge in [-0.25, -0.2) is 0 Å². The van der Waals surface area contributed by atoms with Crippen LogP contribution in [0.15, 0.2) is 40.1 Å². The molecule has 1 unspecified atom stereocenters. The molecule has 4 rings (SSSR count). The van der Waals surface area contributed by atoms with Gasteiger partial charge in [-0.15, -0.1) is 11.8 Å². The van der Waals surface area contributed by atoms with Crippen LogP contribution in [0, 0.1) is 10.1 Å². The van der Waals surface area contributed by atoms with E-state index in [-0.39, 0.29) is 5.78 Å². The Labute approximate surface area is 157 Å². The normalized spacial score (nSPS) is 21.9. The lowest BCUT2D eigenvalue weighted by molar-refractivity contribution is -0.386. The molecule has 1 aromatic carbocycles. The van der Waals surface area contributed by atoms with Crippen LogP contribution in [0.4, 0.5) is 14.5 Å². The molecule has 1 aromatic rings. The summed E-state index contributed by atoms with van der Waals surface area (Å²) in [4.78, 5) is 24.3. The predicted molar refractivity (Wildman–Crippen MR) is 95.6 cm³/mol. The number of Topliss-reactive ketones (excluding diaryl/α,β-unsaturated/α-hetero) is 1. The Balaban J connectivity index is 1.83. The molecular formula is C18H16F2N2O4S. The Morgan fingerprint density at radius 3 is 2.81 bits per heavy atom. The van der Waals surface area contributed by atoms with E-state index in [4.69, 9.17) is 0 Å². The average Bonchev–Trinajstić information content (AvgIpc) is 3.08. The smallest absolute Gasteiger partial charge is 0.387 e. The molecule has 0 aromatic heterocycles. The number of dihydropyridines is 1. The number of hydrogen-bond donors (Lipinski definition) is 1. The van der Waals surface area contributed by atoms with Crippen LogP contribution in [0.5, 0.6) is 5.75 Å². The van der Waals surface area contributed by atoms with Gasteiger partial charge in [-0.3, -0.25) is 14.9 Å². The highest BCUT2D eigenvalue weighted by atomic mass is 32.2. The number of nitrogens with one attached hydrogen (secondary N) is 1. The molecule has 27 heavy (non-hydrogen) atoms. The largest absolute Gasteiger partial charge is 0.427 e. The lowest BCUT2D eigenvalue weighted by Gasteiger charge is -2.33. The zero-order valence-electron chi connectivity index (χ0n) is 14.2. The van der Waals surface area contributed by atoms with Gasteiger partial charge in [-0.05, 0) is 30.9 Å². The van der Waals surface area contributed by atoms with Crippen molar-refractivity contribution in [3.05, 3.63) is 55.7 Å². The third kappa shape index (κ3) is 3.20. The molecular weight excluding hydrogens is 378 g/mol. The molecule has 1 aliphatic carbocycles. The van der Waals surface area contributed by atoms with Gasteiger partial charge >= 0.3 is 12.3 Å². The fourth-order valence-corrected chi connectivity index (χ4v) is 5.14. The highest BCUT2D eigenvalue weighted by Crippen LogP contribution is 2.50. The number of thioether (sulfide) groups is 1. The first-order valence-corrected chi connectivity index (χ1v) is 9.56. The van der Waals surface area contributed by atoms with E-state index in [1.54, 1.807) is 11.8 Å². The summed E-state index contributed by atoms with van der Waals surface area (Å²) >= 11 is 1.63. The lowest BCUT2D eigenvalue weighted by Crippen LogP contribution is -2.30. The highest BCUT2D eigenvalue weighted by Gasteiger charge is 2.39. The summed E-state index contributed by atoms with van der Waals surface area (Å²) in [6.07, 6.45) is 2.82. The van der Waals surface area contributed by atoms with Gasteiger partial charge in [0.05, 0.1) is 4.92 Å². The minimum absolute atomic E-state index is 0.0309. The third-order valence-corrected chi connectivity index (χ3v) is 6.15. The van der Waals surface area contributed by atoms with E-state index in [9.17, 15) is 23.7 Å². The number of nitrogens with zero attached hydrogens (tertiary/aromatic N) is 1. The number of rotatable bonds is 4. The van der Waals surface area contributed by atoms with Gasteiger partial charge in [0, 0.05) is 46.0 Å². The molecule has 0 bridgehead atoms. The topological polar surface area (TPSA) is 81.5 Å². The van der Waals surface area contributed by atoms with Gasteiger partial charge in [0.2, 0.25) is 5.75 Å². The third-order valence-electron chi connectivity index (χ3n) is 4.94. The molecule has 0 saturated carbocycles. The van der Waals surface area contributed by atoms with Crippen LogP contribution in [0.3, 0.4) is 0 Å². The maximum absolute atomic E-state index is 12.6. The van der Waals surface area contributed by atoms with Gasteiger partial charge in [-0.2, -0.15) is 8.78 Å². The van der Waals surface area contributed by atoms with E-state index in [2.05, 4.69) is 10.1 Å². The van der Waals surface area contributed by atoms with Crippen LogP contribution < -0.4 is 10.1 Å². The maximum atomic E-state index is 12.6. The van der Waals surface area contributed by atoms with E-state index in [1.165, 1.54) is 18.2 Å². The number of carbonyl (C=O) groups is 1. The summed E-state index contributed by atoms with van der Waals surface area (Å²) in [5.74, 6) is 0.0294. The number of halogens is 2. The Kier molecular flexibility index (Phi) is 4.63. The maximum Gasteiger partial charge on any atom is 0.387 e. The fourth-order valence-electron chi connectivity index (χ4n) is 3.87. The van der Waals surface area contributed by atoms with Crippen LogP contribution in [-0.2, 0) is 4.79 Å². The van der Waals surface area contributed by atoms with Crippen molar-refractivity contribution in [1.82, 2.24) is 5.32 Å². The number of carbonyl (C=O) groups excluding carboxylic acids is 1. The van der Waals surface area contributed by atoms with Crippen molar-refractivity contribution in [3.63, 3.8) is 0 Å². The van der Waals surface area contributed by atoms with Gasteiger partial charge in [0.25, 0.3) is 0 Å². The van der Waals surface area contributed by atoms with Crippen LogP contribution in [-0.4, -0.2) is 23.1 Å². The van der Waals surface area contributed by atoms with E-state index in [0.29, 0.717) is 17.6 Å². The summed E-state index contributed by atoms with van der Waals surface area (Å²) in [6.45, 7) is -3.15. The van der Waals surface area contributed by atoms with Crippen LogP contribution in [0.2, 0.25) is 0 Å². The second kappa shape index (κ2) is 6.95. The molecule has 0 saturated heterocycles. The molecule has 2 aliphatic heterocycles. The standard InChI is InChI=1S/C18H16F2N2O4S/c19-18(20)26-14-5-4-9(8-12(14)22(24)25)15-16-10(2-1-3-13(16)23)21-11-6-7-27-17(11)15/h4-5,8,15,18,21H,1-3,6-7H2. The van der Waals surface area contributed by atoms with Gasteiger partial charge in [-0.1, -0.05) is 6.07 Å². The molecule has 0 radical (unpaired) electrons. The quantitative estimate of drug-likeness (QED) is 0.608. The molecule has 1 N–H and O–H groups in total. The molecule has 9 heteroatoms. The minimum atomic E-state index is -3.15. The second-order valence-corrected chi connectivity index (χ2v) is 7.67. The molecule has 142 valence electrons. The van der Waals surface area contributed by atoms with Gasteiger partial charge < -0.3 is 10.1 Å². The first-order valence-electron chi connectivity index (χ1n) is 8.58. The summed E-state index contributed by atoms with van der Waals surface area (Å²) < 4.78 is 29.4. The molecule has 0 spiro atoms. The molecule has 0 amide bonds. The van der Waals surface area contributed by atoms with Gasteiger partial charge in [0.15, 0.2) is 5.78 Å². The van der Waals surface area contributed by atoms with Crippen molar-refractivity contribution < 1.29 is 23.2 Å². The van der Waals surface area contributed by atoms with Crippen molar-refractivity contribution in [2.24, 2.45) is 0 Å². The number of hydrogen-bond acceptors (Lipinski definition) is 6. The van der Waals surface area contributed by atoms with Crippen molar-refractivity contribution in [2.45, 2.75) is 38.2 Å². The zero-order valence-corrected chi connectivity index (χ0v) is 15.0. The van der Waals surface area contributed by atoms with Crippen molar-refractivity contribution in [2.75, 3.05) is 5.75 Å². The summed E-state index contributed by atoms with van der Waals surface area (Å²) in [6, 6.07) is 3.98. The highest BCUT2D eigenvalue weighted by molar-refractivity contribution is 8.03. The summed E-state index contributed by atoms with van der Waals surface area (Å²) in [7, 11) is 0. The van der Waals surface area contributed by atoms with Crippen LogP contribution in [0.25, 0.3) is 0 Å². The Morgan fingerprint density at radius 1 is 1.26 bits per heavy atom. The first-order chi connectivity index (χ1) is 13.0. The second-order valence-electron chi connectivity index (χ2n) is 6.53. The summed E-state index contributed by atoms with van der Waals surface area (Å²) in [5, 5.41) is 14.8. The van der Waals surface area contributed by atoms with Crippen LogP contribution >= 0.6 is 11.8 Å². The number of ether oxygens (including phenoxy) is 1. The molecule has 0 fully saturated rings. The average molecular weight is 394 g/mol. The SMILES string of the molecule is O=C1CCCC2=C1C(c1ccc(OC(F)F)c([N+](=O)[O-])c1)C1=C(CCS1)N2. The minimum Gasteiger partial charge on any atom is -0.427 e. The number of alkyl halides is 2. The van der Waals surface area contributed by atoms with Crippen LogP contribution in [0.1, 0.15) is 37.2 Å². The van der Waals surface area contributed by atoms with E-state index >= 15 is 0 Å². The fraction of sp³-hybridized carbons (Fsp3) is 0.389. The first kappa shape index (κ1) is 18.0. The zero-order chi connectivity index (χ0) is 19.1. The lowest BCUT2D eigenvalue weighted by atomic mass is 9.79. The Hall–Kier alpha value is -2.42. The van der Waals surface area contributed by atoms with E-state index in [1.807, 2.05) is 0 Å². The Bertz CT molecular complexity index is 897. The molecule has 1 atom stereocenters. The number of allylic oxidation sites excluding steroid dienone is 4. The van der Waals surface area contributed by atoms with Crippen molar-refractivity contribution in [3.8, 4) is 5.75 Å². The van der Waals surface area contributed by atoms with Gasteiger partial charge in [0.1, 0.15) is 0 Å². The predicted octanol–water partition coefficient (Wildman–Crippen LogP) is 4.24. The van der Waals surface area contributed by atoms with E-state index < -0.39 is 28.9 Å². The number of benzene rings is 1. The molecule has 3 aliphatic rings.